The zero-order chi connectivity index (χ0) is 24.6. The Bertz CT molecular complexity index is 1060. The van der Waals surface area contributed by atoms with E-state index < -0.39 is 0 Å². The second-order valence-corrected chi connectivity index (χ2v) is 10.9. The van der Waals surface area contributed by atoms with Crippen LogP contribution in [0.1, 0.15) is 75.7 Å². The summed E-state index contributed by atoms with van der Waals surface area (Å²) in [5, 5.41) is 0. The molecule has 0 aromatic heterocycles. The minimum absolute atomic E-state index is 0. The summed E-state index contributed by atoms with van der Waals surface area (Å²) >= 11 is 0. The van der Waals surface area contributed by atoms with Gasteiger partial charge in [0.15, 0.2) is 0 Å². The van der Waals surface area contributed by atoms with Crippen LogP contribution in [0.3, 0.4) is 0 Å². The van der Waals surface area contributed by atoms with Gasteiger partial charge in [-0.05, 0) is 81.4 Å². The van der Waals surface area contributed by atoms with Gasteiger partial charge in [-0.1, -0.05) is 111 Å². The topological polar surface area (TPSA) is 0 Å². The average Bonchev–Trinajstić information content (AvgIpc) is 3.05. The van der Waals surface area contributed by atoms with Crippen molar-refractivity contribution in [1.82, 2.24) is 0 Å². The van der Waals surface area contributed by atoms with E-state index in [0.29, 0.717) is 0 Å². The van der Waals surface area contributed by atoms with E-state index in [1.54, 1.807) is 22.3 Å². The minimum Gasteiger partial charge on any atom is -0.0622 e. The molecule has 0 fully saturated rings. The minimum atomic E-state index is 0. The van der Waals surface area contributed by atoms with Gasteiger partial charge in [0.25, 0.3) is 0 Å². The molecule has 2 aliphatic rings. The van der Waals surface area contributed by atoms with Crippen LogP contribution >= 0.6 is 0 Å². The molecule has 0 unspecified atom stereocenters. The third kappa shape index (κ3) is 5.19. The molecule has 0 aliphatic heterocycles. The summed E-state index contributed by atoms with van der Waals surface area (Å²) in [4.78, 5) is 0. The molecule has 0 spiro atoms. The van der Waals surface area contributed by atoms with Crippen molar-refractivity contribution in [3.05, 3.63) is 105 Å². The zero-order valence-electron chi connectivity index (χ0n) is 23.0. The summed E-state index contributed by atoms with van der Waals surface area (Å²) in [5.74, 6) is 0. The van der Waals surface area contributed by atoms with Crippen LogP contribution in [0.4, 0.5) is 0 Å². The summed E-state index contributed by atoms with van der Waals surface area (Å²) in [7, 11) is 0. The third-order valence-corrected chi connectivity index (χ3v) is 8.77. The first-order chi connectivity index (χ1) is 15.4. The van der Waals surface area contributed by atoms with Crippen molar-refractivity contribution < 1.29 is 21.7 Å². The van der Waals surface area contributed by atoms with Gasteiger partial charge in [0.2, 0.25) is 0 Å². The Labute approximate surface area is 223 Å². The Kier molecular flexibility index (Phi) is 9.01. The summed E-state index contributed by atoms with van der Waals surface area (Å²) < 4.78 is 0. The van der Waals surface area contributed by atoms with Crippen molar-refractivity contribution in [2.45, 2.75) is 75.7 Å². The standard InChI is InChI=1S/C21H32.C12H10.Ti/c1-12-14(3)18(20(7,8)16(12)5)11-19-15(4)13(2)17(6)21(19,9)10;1-3-7-11(8-4-1)12-9-5-2-6-10-12;/h11H2,1-10H3;1-10H;. The first-order valence-electron chi connectivity index (χ1n) is 12.3. The van der Waals surface area contributed by atoms with Crippen LogP contribution in [0.5, 0.6) is 0 Å². The van der Waals surface area contributed by atoms with Crippen LogP contribution in [-0.2, 0) is 21.7 Å². The maximum Gasteiger partial charge on any atom is 0.00761 e. The van der Waals surface area contributed by atoms with Crippen LogP contribution in [0, 0.1) is 10.8 Å². The zero-order valence-corrected chi connectivity index (χ0v) is 24.5. The van der Waals surface area contributed by atoms with E-state index in [2.05, 4.69) is 118 Å². The molecular weight excluding hydrogens is 444 g/mol. The molecule has 0 heterocycles. The second-order valence-electron chi connectivity index (χ2n) is 10.9. The quantitative estimate of drug-likeness (QED) is 0.379. The van der Waals surface area contributed by atoms with E-state index in [0.717, 1.165) is 6.42 Å². The normalized spacial score (nSPS) is 18.8. The van der Waals surface area contributed by atoms with Gasteiger partial charge in [0, 0.05) is 32.5 Å². The van der Waals surface area contributed by atoms with Crippen molar-refractivity contribution in [3.63, 3.8) is 0 Å². The molecule has 2 aliphatic carbocycles. The average molecular weight is 487 g/mol. The van der Waals surface area contributed by atoms with Gasteiger partial charge in [-0.2, -0.15) is 0 Å². The molecule has 2 aromatic carbocycles. The van der Waals surface area contributed by atoms with Crippen molar-refractivity contribution in [2.75, 3.05) is 0 Å². The first kappa shape index (κ1) is 28.4. The fraction of sp³-hybridized carbons (Fsp3) is 0.394. The van der Waals surface area contributed by atoms with Gasteiger partial charge in [0.1, 0.15) is 0 Å². The van der Waals surface area contributed by atoms with Crippen molar-refractivity contribution in [1.29, 1.82) is 0 Å². The van der Waals surface area contributed by atoms with Crippen LogP contribution < -0.4 is 0 Å². The SMILES string of the molecule is CC1=C(C)C(C)(C)C(CC2=C(C)C(C)=C(C)C2(C)C)=C1C.[Ti].c1ccc(-c2ccccc2)cc1. The van der Waals surface area contributed by atoms with Gasteiger partial charge in [-0.15, -0.1) is 0 Å². The molecule has 34 heavy (non-hydrogen) atoms. The Morgan fingerprint density at radius 3 is 1.00 bits per heavy atom. The first-order valence-corrected chi connectivity index (χ1v) is 12.3. The molecule has 0 amide bonds. The van der Waals surface area contributed by atoms with Gasteiger partial charge in [-0.3, -0.25) is 0 Å². The molecule has 0 saturated carbocycles. The summed E-state index contributed by atoms with van der Waals surface area (Å²) in [6, 6.07) is 20.8. The molecule has 0 nitrogen and oxygen atoms in total. The maximum atomic E-state index is 2.39. The number of hydrogen-bond donors (Lipinski definition) is 0. The molecule has 2 aromatic rings. The Balaban J connectivity index is 0.000000266. The van der Waals surface area contributed by atoms with E-state index >= 15 is 0 Å². The van der Waals surface area contributed by atoms with E-state index in [9.17, 15) is 0 Å². The molecule has 4 rings (SSSR count). The molecule has 0 radical (unpaired) electrons. The Morgan fingerprint density at radius 1 is 0.471 bits per heavy atom. The Morgan fingerprint density at radius 2 is 0.765 bits per heavy atom. The van der Waals surface area contributed by atoms with Gasteiger partial charge >= 0.3 is 0 Å². The van der Waals surface area contributed by atoms with Crippen LogP contribution in [0.2, 0.25) is 0 Å². The van der Waals surface area contributed by atoms with E-state index in [-0.39, 0.29) is 32.5 Å². The molecule has 1 heteroatoms. The smallest absolute Gasteiger partial charge is 0.00761 e. The summed E-state index contributed by atoms with van der Waals surface area (Å²) in [6.45, 7) is 23.4. The van der Waals surface area contributed by atoms with Gasteiger partial charge in [0.05, 0.1) is 0 Å². The predicted molar refractivity (Wildman–Crippen MR) is 146 cm³/mol. The van der Waals surface area contributed by atoms with E-state index in [1.807, 2.05) is 12.1 Å². The van der Waals surface area contributed by atoms with Gasteiger partial charge in [-0.25, -0.2) is 0 Å². The monoisotopic (exact) mass is 486 g/mol. The third-order valence-electron chi connectivity index (χ3n) is 8.77. The van der Waals surface area contributed by atoms with Crippen LogP contribution in [-0.4, -0.2) is 0 Å². The molecule has 0 atom stereocenters. The number of hydrogen-bond acceptors (Lipinski definition) is 0. The molecule has 0 saturated heterocycles. The van der Waals surface area contributed by atoms with Crippen molar-refractivity contribution in [3.8, 4) is 11.1 Å². The Hall–Kier alpha value is -1.89. The summed E-state index contributed by atoms with van der Waals surface area (Å²) in [6.07, 6.45) is 1.13. The van der Waals surface area contributed by atoms with Gasteiger partial charge < -0.3 is 0 Å². The van der Waals surface area contributed by atoms with E-state index in [4.69, 9.17) is 0 Å². The molecule has 0 N–H and O–H groups in total. The largest absolute Gasteiger partial charge is 0.0622 e. The summed E-state index contributed by atoms with van der Waals surface area (Å²) in [5.41, 5.74) is 15.4. The number of benzene rings is 2. The van der Waals surface area contributed by atoms with Crippen molar-refractivity contribution in [2.24, 2.45) is 10.8 Å². The van der Waals surface area contributed by atoms with Crippen LogP contribution in [0.15, 0.2) is 105 Å². The fourth-order valence-electron chi connectivity index (χ4n) is 5.49. The predicted octanol–water partition coefficient (Wildman–Crippen LogP) is 10.1. The number of rotatable bonds is 3. The number of allylic oxidation sites excluding steroid dienone is 8. The van der Waals surface area contributed by atoms with E-state index in [1.165, 1.54) is 33.4 Å². The molecule has 0 bridgehead atoms. The maximum absolute atomic E-state index is 2.39. The fourth-order valence-corrected chi connectivity index (χ4v) is 5.49. The van der Waals surface area contributed by atoms with Crippen molar-refractivity contribution >= 4 is 0 Å². The molecular formula is C33H42Ti. The van der Waals surface area contributed by atoms with Crippen LogP contribution in [0.25, 0.3) is 11.1 Å². The molecule has 178 valence electrons. The second kappa shape index (κ2) is 10.8.